The molecule has 6 heteroatoms. The van der Waals surface area contributed by atoms with Crippen molar-refractivity contribution in [3.8, 4) is 0 Å². The molecule has 0 spiro atoms. The van der Waals surface area contributed by atoms with E-state index in [0.29, 0.717) is 5.69 Å². The smallest absolute Gasteiger partial charge is 0.246 e. The van der Waals surface area contributed by atoms with Gasteiger partial charge in [0, 0.05) is 13.1 Å². The van der Waals surface area contributed by atoms with Crippen LogP contribution in [0.25, 0.3) is 0 Å². The Bertz CT molecular complexity index is 610. The van der Waals surface area contributed by atoms with Crippen LogP contribution in [0.3, 0.4) is 0 Å². The maximum Gasteiger partial charge on any atom is 0.246 e. The summed E-state index contributed by atoms with van der Waals surface area (Å²) in [5, 5.41) is 0. The molecule has 122 valence electrons. The van der Waals surface area contributed by atoms with E-state index in [-0.39, 0.29) is 11.9 Å². The fourth-order valence-corrected chi connectivity index (χ4v) is 4.31. The van der Waals surface area contributed by atoms with Gasteiger partial charge in [-0.05, 0) is 31.9 Å². The molecule has 1 unspecified atom stereocenters. The molecule has 0 N–H and O–H groups in total. The van der Waals surface area contributed by atoms with Gasteiger partial charge in [0.15, 0.2) is 0 Å². The number of para-hydroxylation sites is 1. The Morgan fingerprint density at radius 1 is 1.18 bits per heavy atom. The molecule has 0 radical (unpaired) electrons. The Kier molecular flexibility index (Phi) is 5.11. The Balaban J connectivity index is 2.26. The molecule has 1 aliphatic rings. The first-order valence-corrected chi connectivity index (χ1v) is 9.48. The zero-order valence-electron chi connectivity index (χ0n) is 13.4. The van der Waals surface area contributed by atoms with Gasteiger partial charge in [-0.15, -0.1) is 0 Å². The van der Waals surface area contributed by atoms with E-state index in [1.807, 2.05) is 6.07 Å². The summed E-state index contributed by atoms with van der Waals surface area (Å²) in [5.74, 6) is -0.152. The van der Waals surface area contributed by atoms with E-state index >= 15 is 0 Å². The number of benzene rings is 1. The number of amides is 1. The van der Waals surface area contributed by atoms with E-state index in [4.69, 9.17) is 0 Å². The number of nitrogens with zero attached hydrogens (tertiary/aromatic N) is 2. The van der Waals surface area contributed by atoms with Crippen molar-refractivity contribution in [3.63, 3.8) is 0 Å². The van der Waals surface area contributed by atoms with Crippen LogP contribution in [0.5, 0.6) is 0 Å². The summed E-state index contributed by atoms with van der Waals surface area (Å²) in [6.45, 7) is 1.65. The number of carbonyl (C=O) groups is 1. The van der Waals surface area contributed by atoms with Gasteiger partial charge in [-0.3, -0.25) is 9.10 Å². The van der Waals surface area contributed by atoms with Gasteiger partial charge in [-0.2, -0.15) is 0 Å². The number of sulfonamides is 1. The average molecular weight is 324 g/mol. The van der Waals surface area contributed by atoms with Crippen LogP contribution >= 0.6 is 0 Å². The van der Waals surface area contributed by atoms with Crippen LogP contribution in [0.1, 0.15) is 32.6 Å². The van der Waals surface area contributed by atoms with Gasteiger partial charge in [0.1, 0.15) is 6.04 Å². The molecule has 1 atom stereocenters. The van der Waals surface area contributed by atoms with Crippen molar-refractivity contribution in [2.75, 3.05) is 17.6 Å². The molecule has 2 rings (SSSR count). The Morgan fingerprint density at radius 2 is 1.73 bits per heavy atom. The highest BCUT2D eigenvalue weighted by atomic mass is 32.2. The minimum atomic E-state index is -3.53. The van der Waals surface area contributed by atoms with Crippen molar-refractivity contribution in [1.29, 1.82) is 0 Å². The van der Waals surface area contributed by atoms with E-state index in [0.717, 1.165) is 31.9 Å². The van der Waals surface area contributed by atoms with Gasteiger partial charge in [0.05, 0.1) is 11.9 Å². The third kappa shape index (κ3) is 3.61. The van der Waals surface area contributed by atoms with Crippen molar-refractivity contribution in [3.05, 3.63) is 30.3 Å². The second kappa shape index (κ2) is 6.69. The molecule has 0 bridgehead atoms. The number of hydrogen-bond acceptors (Lipinski definition) is 3. The third-order valence-corrected chi connectivity index (χ3v) is 5.54. The van der Waals surface area contributed by atoms with E-state index in [1.54, 1.807) is 43.1 Å². The van der Waals surface area contributed by atoms with E-state index < -0.39 is 16.1 Å². The molecule has 1 aliphatic carbocycles. The van der Waals surface area contributed by atoms with Crippen LogP contribution in [0.2, 0.25) is 0 Å². The van der Waals surface area contributed by atoms with Crippen LogP contribution in [0, 0.1) is 0 Å². The lowest BCUT2D eigenvalue weighted by atomic mass is 10.2. The first-order valence-electron chi connectivity index (χ1n) is 7.63. The quantitative estimate of drug-likeness (QED) is 0.834. The fourth-order valence-electron chi connectivity index (χ4n) is 3.14. The zero-order valence-corrected chi connectivity index (χ0v) is 14.2. The average Bonchev–Trinajstić information content (AvgIpc) is 2.99. The summed E-state index contributed by atoms with van der Waals surface area (Å²) < 4.78 is 25.6. The minimum absolute atomic E-state index is 0.152. The minimum Gasteiger partial charge on any atom is -0.341 e. The summed E-state index contributed by atoms with van der Waals surface area (Å²) in [5.41, 5.74) is 0.519. The zero-order chi connectivity index (χ0) is 16.3. The molecule has 1 fully saturated rings. The predicted octanol–water partition coefficient (Wildman–Crippen LogP) is 2.24. The predicted molar refractivity (Wildman–Crippen MR) is 88.3 cm³/mol. The van der Waals surface area contributed by atoms with E-state index in [2.05, 4.69) is 0 Å². The van der Waals surface area contributed by atoms with Gasteiger partial charge in [-0.1, -0.05) is 31.0 Å². The number of likely N-dealkylation sites (N-methyl/N-ethyl adjacent to an activating group) is 1. The van der Waals surface area contributed by atoms with Gasteiger partial charge in [0.2, 0.25) is 15.9 Å². The topological polar surface area (TPSA) is 57.7 Å². The van der Waals surface area contributed by atoms with E-state index in [1.165, 1.54) is 4.31 Å². The summed E-state index contributed by atoms with van der Waals surface area (Å²) in [4.78, 5) is 14.4. The number of hydrogen-bond donors (Lipinski definition) is 0. The monoisotopic (exact) mass is 324 g/mol. The Labute approximate surface area is 133 Å². The molecule has 0 aliphatic heterocycles. The molecule has 1 saturated carbocycles. The first-order chi connectivity index (χ1) is 10.3. The normalized spacial score (nSPS) is 17.2. The van der Waals surface area contributed by atoms with Crippen molar-refractivity contribution in [1.82, 2.24) is 4.90 Å². The lowest BCUT2D eigenvalue weighted by Crippen LogP contribution is -2.50. The molecule has 1 aromatic carbocycles. The summed E-state index contributed by atoms with van der Waals surface area (Å²) in [7, 11) is -1.76. The van der Waals surface area contributed by atoms with Crippen LogP contribution in [-0.2, 0) is 14.8 Å². The Morgan fingerprint density at radius 3 is 2.23 bits per heavy atom. The van der Waals surface area contributed by atoms with Crippen molar-refractivity contribution in [2.45, 2.75) is 44.7 Å². The highest BCUT2D eigenvalue weighted by molar-refractivity contribution is 7.92. The number of carbonyl (C=O) groups excluding carboxylic acids is 1. The van der Waals surface area contributed by atoms with Crippen LogP contribution in [0.15, 0.2) is 30.3 Å². The van der Waals surface area contributed by atoms with Crippen molar-refractivity contribution >= 4 is 21.6 Å². The van der Waals surface area contributed by atoms with Crippen molar-refractivity contribution < 1.29 is 13.2 Å². The lowest BCUT2D eigenvalue weighted by molar-refractivity contribution is -0.132. The summed E-state index contributed by atoms with van der Waals surface area (Å²) >= 11 is 0. The van der Waals surface area contributed by atoms with Gasteiger partial charge >= 0.3 is 0 Å². The molecular formula is C16H24N2O3S. The standard InChI is InChI=1S/C16H24N2O3S/c1-13(16(19)17(2)14-9-7-8-10-14)18(22(3,20)21)15-11-5-4-6-12-15/h4-6,11-14H,7-10H2,1-3H3. The molecule has 22 heavy (non-hydrogen) atoms. The number of rotatable bonds is 5. The molecular weight excluding hydrogens is 300 g/mol. The molecule has 1 aromatic rings. The largest absolute Gasteiger partial charge is 0.341 e. The summed E-state index contributed by atoms with van der Waals surface area (Å²) in [6, 6.07) is 8.26. The molecule has 0 saturated heterocycles. The Hall–Kier alpha value is -1.56. The lowest BCUT2D eigenvalue weighted by Gasteiger charge is -2.33. The number of anilines is 1. The molecule has 0 aromatic heterocycles. The van der Waals surface area contributed by atoms with Gasteiger partial charge < -0.3 is 4.90 Å². The SMILES string of the molecule is CC(C(=O)N(C)C1CCCC1)N(c1ccccc1)S(C)(=O)=O. The first kappa shape index (κ1) is 16.8. The van der Waals surface area contributed by atoms with Crippen LogP contribution < -0.4 is 4.31 Å². The van der Waals surface area contributed by atoms with Crippen molar-refractivity contribution in [2.24, 2.45) is 0 Å². The van der Waals surface area contributed by atoms with E-state index in [9.17, 15) is 13.2 Å². The van der Waals surface area contributed by atoms with Crippen LogP contribution in [-0.4, -0.2) is 44.6 Å². The molecule has 1 amide bonds. The second-order valence-corrected chi connectivity index (χ2v) is 7.82. The molecule has 5 nitrogen and oxygen atoms in total. The maximum absolute atomic E-state index is 12.7. The second-order valence-electron chi connectivity index (χ2n) is 5.96. The maximum atomic E-state index is 12.7. The highest BCUT2D eigenvalue weighted by Crippen LogP contribution is 2.25. The highest BCUT2D eigenvalue weighted by Gasteiger charge is 2.33. The third-order valence-electron chi connectivity index (χ3n) is 4.30. The van der Waals surface area contributed by atoms with Crippen LogP contribution in [0.4, 0.5) is 5.69 Å². The summed E-state index contributed by atoms with van der Waals surface area (Å²) in [6.07, 6.45) is 5.40. The van der Waals surface area contributed by atoms with Gasteiger partial charge in [-0.25, -0.2) is 8.42 Å². The van der Waals surface area contributed by atoms with Gasteiger partial charge in [0.25, 0.3) is 0 Å². The molecule has 0 heterocycles. The fraction of sp³-hybridized carbons (Fsp3) is 0.562.